The molecule has 1 aromatic carbocycles. The first-order valence-corrected chi connectivity index (χ1v) is 9.46. The molecule has 3 rings (SSSR count). The van der Waals surface area contributed by atoms with Crippen molar-refractivity contribution in [2.45, 2.75) is 17.9 Å². The number of rotatable bonds is 6. The Bertz CT molecular complexity index is 890. The first kappa shape index (κ1) is 15.5. The van der Waals surface area contributed by atoms with Crippen molar-refractivity contribution in [2.75, 3.05) is 6.54 Å². The third-order valence-corrected chi connectivity index (χ3v) is 5.44. The van der Waals surface area contributed by atoms with Gasteiger partial charge in [0.25, 0.3) is 0 Å². The molecule has 0 aliphatic rings. The number of halogens is 1. The molecular formula is C12H12BrN5O2S2. The van der Waals surface area contributed by atoms with E-state index in [9.17, 15) is 8.42 Å². The fourth-order valence-corrected chi connectivity index (χ4v) is 4.15. The van der Waals surface area contributed by atoms with Crippen LogP contribution >= 0.6 is 27.7 Å². The Kier molecular flexibility index (Phi) is 4.52. The maximum atomic E-state index is 12.4. The van der Waals surface area contributed by atoms with Gasteiger partial charge in [-0.2, -0.15) is 13.8 Å². The maximum Gasteiger partial charge on any atom is 0.242 e. The van der Waals surface area contributed by atoms with Gasteiger partial charge in [0.1, 0.15) is 15.9 Å². The number of hydrogen-bond acceptors (Lipinski definition) is 6. The van der Waals surface area contributed by atoms with Crippen LogP contribution in [-0.4, -0.2) is 33.5 Å². The summed E-state index contributed by atoms with van der Waals surface area (Å²) < 4.78 is 38.1. The van der Waals surface area contributed by atoms with Crippen LogP contribution in [0.4, 0.5) is 0 Å². The zero-order chi connectivity index (χ0) is 15.6. The Hall–Kier alpha value is -1.36. The molecule has 0 fully saturated rings. The summed E-state index contributed by atoms with van der Waals surface area (Å²) in [5.74, 6) is 0. The van der Waals surface area contributed by atoms with Crippen molar-refractivity contribution in [2.24, 2.45) is 0 Å². The molecule has 0 bridgehead atoms. The third kappa shape index (κ3) is 3.35. The van der Waals surface area contributed by atoms with Crippen molar-refractivity contribution in [3.8, 4) is 0 Å². The molecule has 0 atom stereocenters. The Balaban J connectivity index is 1.65. The van der Waals surface area contributed by atoms with Crippen molar-refractivity contribution in [3.63, 3.8) is 0 Å². The lowest BCUT2D eigenvalue weighted by atomic mass is 10.3. The van der Waals surface area contributed by atoms with E-state index in [1.807, 2.05) is 6.20 Å². The molecule has 0 saturated carbocycles. The van der Waals surface area contributed by atoms with Gasteiger partial charge in [0.2, 0.25) is 10.0 Å². The highest BCUT2D eigenvalue weighted by molar-refractivity contribution is 9.10. The molecule has 10 heteroatoms. The van der Waals surface area contributed by atoms with E-state index >= 15 is 0 Å². The highest BCUT2D eigenvalue weighted by Crippen LogP contribution is 2.20. The predicted octanol–water partition coefficient (Wildman–Crippen LogP) is 2.02. The molecule has 22 heavy (non-hydrogen) atoms. The monoisotopic (exact) mass is 401 g/mol. The molecule has 0 aliphatic carbocycles. The van der Waals surface area contributed by atoms with E-state index in [4.69, 9.17) is 0 Å². The molecule has 0 spiro atoms. The van der Waals surface area contributed by atoms with Gasteiger partial charge < -0.3 is 0 Å². The number of hydrogen-bond donors (Lipinski definition) is 1. The maximum absolute atomic E-state index is 12.4. The highest BCUT2D eigenvalue weighted by Gasteiger charge is 2.18. The minimum absolute atomic E-state index is 0.167. The summed E-state index contributed by atoms with van der Waals surface area (Å²) in [6.07, 6.45) is 4.18. The first-order chi connectivity index (χ1) is 10.6. The number of nitrogens with one attached hydrogen (secondary N) is 1. The van der Waals surface area contributed by atoms with Crippen LogP contribution in [0.2, 0.25) is 0 Å². The van der Waals surface area contributed by atoms with E-state index in [1.54, 1.807) is 23.0 Å². The average Bonchev–Trinajstić information content (AvgIpc) is 3.11. The Morgan fingerprint density at radius 3 is 2.95 bits per heavy atom. The fraction of sp³-hybridized carbons (Fsp3) is 0.250. The van der Waals surface area contributed by atoms with Gasteiger partial charge >= 0.3 is 0 Å². The van der Waals surface area contributed by atoms with E-state index in [0.29, 0.717) is 30.5 Å². The number of aromatic nitrogens is 4. The van der Waals surface area contributed by atoms with Gasteiger partial charge in [-0.15, -0.1) is 0 Å². The SMILES string of the molecule is O=S(=O)(NCCCn1cc(Br)cn1)c1cccc2nsnc12. The van der Waals surface area contributed by atoms with Gasteiger partial charge in [-0.25, -0.2) is 13.1 Å². The van der Waals surface area contributed by atoms with Crippen molar-refractivity contribution in [1.29, 1.82) is 0 Å². The Morgan fingerprint density at radius 1 is 1.32 bits per heavy atom. The van der Waals surface area contributed by atoms with Gasteiger partial charge in [0, 0.05) is 19.3 Å². The van der Waals surface area contributed by atoms with E-state index in [0.717, 1.165) is 16.2 Å². The number of fused-ring (bicyclic) bond motifs is 1. The lowest BCUT2D eigenvalue weighted by molar-refractivity contribution is 0.553. The molecule has 0 radical (unpaired) electrons. The second kappa shape index (κ2) is 6.41. The van der Waals surface area contributed by atoms with Gasteiger partial charge in [0.05, 0.1) is 22.4 Å². The van der Waals surface area contributed by atoms with E-state index < -0.39 is 10.0 Å². The molecule has 0 saturated heterocycles. The Labute approximate surface area is 139 Å². The molecule has 1 N–H and O–H groups in total. The van der Waals surface area contributed by atoms with E-state index in [1.165, 1.54) is 6.07 Å². The summed E-state index contributed by atoms with van der Waals surface area (Å²) in [5.41, 5.74) is 1.00. The van der Waals surface area contributed by atoms with E-state index in [2.05, 4.69) is 34.5 Å². The molecule has 116 valence electrons. The van der Waals surface area contributed by atoms with Gasteiger partial charge in [0.15, 0.2) is 0 Å². The normalized spacial score (nSPS) is 12.0. The molecule has 7 nitrogen and oxygen atoms in total. The van der Waals surface area contributed by atoms with E-state index in [-0.39, 0.29) is 4.90 Å². The fourth-order valence-electron chi connectivity index (χ4n) is 1.98. The zero-order valence-electron chi connectivity index (χ0n) is 11.3. The van der Waals surface area contributed by atoms with Crippen LogP contribution in [-0.2, 0) is 16.6 Å². The van der Waals surface area contributed by atoms with Crippen LogP contribution in [0.25, 0.3) is 11.0 Å². The number of benzene rings is 1. The van der Waals surface area contributed by atoms with Gasteiger partial charge in [-0.1, -0.05) is 6.07 Å². The summed E-state index contributed by atoms with van der Waals surface area (Å²) in [5, 5.41) is 4.12. The summed E-state index contributed by atoms with van der Waals surface area (Å²) in [4.78, 5) is 0.167. The minimum atomic E-state index is -3.59. The number of sulfonamides is 1. The molecule has 0 unspecified atom stereocenters. The van der Waals surface area contributed by atoms with Crippen LogP contribution in [0.3, 0.4) is 0 Å². The average molecular weight is 402 g/mol. The summed E-state index contributed by atoms with van der Waals surface area (Å²) in [6, 6.07) is 4.95. The molecule has 0 amide bonds. The van der Waals surface area contributed by atoms with Crippen LogP contribution in [0, 0.1) is 0 Å². The molecule has 2 heterocycles. The molecule has 2 aromatic heterocycles. The molecule has 3 aromatic rings. The lowest BCUT2D eigenvalue weighted by Crippen LogP contribution is -2.25. The summed E-state index contributed by atoms with van der Waals surface area (Å²) >= 11 is 4.32. The first-order valence-electron chi connectivity index (χ1n) is 6.45. The largest absolute Gasteiger partial charge is 0.272 e. The second-order valence-corrected chi connectivity index (χ2v) is 7.74. The molecular weight excluding hydrogens is 390 g/mol. The van der Waals surface area contributed by atoms with Gasteiger partial charge in [-0.3, -0.25) is 4.68 Å². The zero-order valence-corrected chi connectivity index (χ0v) is 14.5. The van der Waals surface area contributed by atoms with Gasteiger partial charge in [-0.05, 0) is 34.5 Å². The minimum Gasteiger partial charge on any atom is -0.272 e. The third-order valence-electron chi connectivity index (χ3n) is 3.00. The quantitative estimate of drug-likeness (QED) is 0.638. The molecule has 0 aliphatic heterocycles. The summed E-state index contributed by atoms with van der Waals surface area (Å²) in [7, 11) is -3.59. The van der Waals surface area contributed by atoms with Crippen LogP contribution in [0.1, 0.15) is 6.42 Å². The standard InChI is InChI=1S/C12H12BrN5O2S2/c13-9-7-14-18(8-9)6-2-5-15-22(19,20)11-4-1-3-10-12(11)17-21-16-10/h1,3-4,7-8,15H,2,5-6H2. The Morgan fingerprint density at radius 2 is 2.18 bits per heavy atom. The highest BCUT2D eigenvalue weighted by atomic mass is 79.9. The second-order valence-electron chi connectivity index (χ2n) is 4.56. The predicted molar refractivity (Wildman–Crippen MR) is 87.1 cm³/mol. The smallest absolute Gasteiger partial charge is 0.242 e. The van der Waals surface area contributed by atoms with Crippen molar-refractivity contribution < 1.29 is 8.42 Å². The van der Waals surface area contributed by atoms with Crippen LogP contribution < -0.4 is 4.72 Å². The van der Waals surface area contributed by atoms with Crippen LogP contribution in [0.15, 0.2) is 40.0 Å². The number of aryl methyl sites for hydroxylation is 1. The van der Waals surface area contributed by atoms with Crippen molar-refractivity contribution >= 4 is 48.7 Å². The van der Waals surface area contributed by atoms with Crippen LogP contribution in [0.5, 0.6) is 0 Å². The topological polar surface area (TPSA) is 89.8 Å². The van der Waals surface area contributed by atoms with Crippen molar-refractivity contribution in [1.82, 2.24) is 23.2 Å². The number of nitrogens with zero attached hydrogens (tertiary/aromatic N) is 4. The summed E-state index contributed by atoms with van der Waals surface area (Å²) in [6.45, 7) is 0.963. The lowest BCUT2D eigenvalue weighted by Gasteiger charge is -2.07. The van der Waals surface area contributed by atoms with Crippen molar-refractivity contribution in [3.05, 3.63) is 35.1 Å².